The molecule has 0 fully saturated rings. The highest BCUT2D eigenvalue weighted by molar-refractivity contribution is 9.10. The fourth-order valence-electron chi connectivity index (χ4n) is 1.04. The number of rotatable bonds is 4. The largest absolute Gasteiger partial charge is 0.326 e. The fourth-order valence-corrected chi connectivity index (χ4v) is 2.19. The predicted octanol–water partition coefficient (Wildman–Crippen LogP) is 2.79. The van der Waals surface area contributed by atoms with Crippen molar-refractivity contribution in [2.75, 3.05) is 0 Å². The van der Waals surface area contributed by atoms with E-state index in [9.17, 15) is 4.57 Å². The minimum Gasteiger partial charge on any atom is -0.326 e. The zero-order valence-electron chi connectivity index (χ0n) is 7.80. The van der Waals surface area contributed by atoms with Crippen molar-refractivity contribution < 1.29 is 14.0 Å². The molecule has 1 N–H and O–H groups in total. The van der Waals surface area contributed by atoms with Crippen LogP contribution in [0.5, 0.6) is 0 Å². The van der Waals surface area contributed by atoms with E-state index in [0.717, 1.165) is 0 Å². The van der Waals surface area contributed by atoms with Gasteiger partial charge in [0.1, 0.15) is 4.51 Å². The van der Waals surface area contributed by atoms with Crippen LogP contribution in [-0.4, -0.2) is 9.40 Å². The summed E-state index contributed by atoms with van der Waals surface area (Å²) in [5.74, 6) is 0.303. The Labute approximate surface area is 82.6 Å². The van der Waals surface area contributed by atoms with Crippen molar-refractivity contribution in [2.24, 2.45) is 11.8 Å². The summed E-state index contributed by atoms with van der Waals surface area (Å²) in [5, 5.41) is 0. The van der Waals surface area contributed by atoms with E-state index in [1.165, 1.54) is 0 Å². The van der Waals surface area contributed by atoms with Crippen molar-refractivity contribution in [3.63, 3.8) is 0 Å². The third-order valence-electron chi connectivity index (χ3n) is 1.82. The number of hydrogen-bond acceptors (Lipinski definition) is 2. The highest BCUT2D eigenvalue weighted by atomic mass is 79.9. The topological polar surface area (TPSA) is 46.5 Å². The van der Waals surface area contributed by atoms with Crippen molar-refractivity contribution in [3.8, 4) is 0 Å². The highest BCUT2D eigenvalue weighted by Crippen LogP contribution is 2.42. The van der Waals surface area contributed by atoms with Crippen molar-refractivity contribution in [1.82, 2.24) is 0 Å². The molecule has 0 heterocycles. The number of hydrogen-bond donors (Lipinski definition) is 1. The summed E-state index contributed by atoms with van der Waals surface area (Å²) in [6, 6.07) is 0. The minimum atomic E-state index is -2.88. The molecular formula is C7H16BrO3P. The summed E-state index contributed by atoms with van der Waals surface area (Å²) < 4.78 is 14.9. The van der Waals surface area contributed by atoms with Gasteiger partial charge in [-0.3, -0.25) is 9.09 Å². The van der Waals surface area contributed by atoms with Gasteiger partial charge in [0.15, 0.2) is 0 Å². The SMILES string of the molecule is CC(C)C(Br)(O[PH](=O)O)C(C)C. The van der Waals surface area contributed by atoms with Gasteiger partial charge in [0, 0.05) is 0 Å². The summed E-state index contributed by atoms with van der Waals surface area (Å²) in [6.07, 6.45) is 0. The first-order chi connectivity index (χ1) is 5.30. The minimum absolute atomic E-state index is 0.151. The Morgan fingerprint density at radius 2 is 1.67 bits per heavy atom. The van der Waals surface area contributed by atoms with E-state index in [1.54, 1.807) is 0 Å². The molecular weight excluding hydrogens is 243 g/mol. The lowest BCUT2D eigenvalue weighted by molar-refractivity contribution is 0.0723. The lowest BCUT2D eigenvalue weighted by Gasteiger charge is -2.34. The van der Waals surface area contributed by atoms with Gasteiger partial charge in [0.2, 0.25) is 0 Å². The molecule has 0 saturated carbocycles. The van der Waals surface area contributed by atoms with Gasteiger partial charge in [-0.05, 0) is 11.8 Å². The molecule has 0 aliphatic heterocycles. The molecule has 74 valence electrons. The third kappa shape index (κ3) is 3.17. The molecule has 0 aromatic rings. The van der Waals surface area contributed by atoms with Crippen molar-refractivity contribution >= 4 is 24.2 Å². The average Bonchev–Trinajstić information content (AvgIpc) is 1.84. The molecule has 1 unspecified atom stereocenters. The van der Waals surface area contributed by atoms with Gasteiger partial charge in [0.05, 0.1) is 0 Å². The van der Waals surface area contributed by atoms with Crippen LogP contribution in [0.15, 0.2) is 0 Å². The maximum absolute atomic E-state index is 10.6. The third-order valence-corrected chi connectivity index (χ3v) is 4.62. The van der Waals surface area contributed by atoms with Gasteiger partial charge < -0.3 is 4.89 Å². The van der Waals surface area contributed by atoms with Crippen LogP contribution in [0.1, 0.15) is 27.7 Å². The number of halogens is 1. The van der Waals surface area contributed by atoms with Crippen LogP contribution in [0.3, 0.4) is 0 Å². The highest BCUT2D eigenvalue weighted by Gasteiger charge is 2.36. The van der Waals surface area contributed by atoms with Crippen molar-refractivity contribution in [2.45, 2.75) is 32.2 Å². The zero-order valence-corrected chi connectivity index (χ0v) is 10.4. The lowest BCUT2D eigenvalue weighted by atomic mass is 9.96. The predicted molar refractivity (Wildman–Crippen MR) is 53.6 cm³/mol. The molecule has 0 aliphatic rings. The molecule has 0 spiro atoms. The Kier molecular flexibility index (Phi) is 5.00. The molecule has 0 radical (unpaired) electrons. The molecule has 0 aliphatic carbocycles. The molecule has 0 bridgehead atoms. The van der Waals surface area contributed by atoms with Crippen LogP contribution in [0.2, 0.25) is 0 Å². The van der Waals surface area contributed by atoms with E-state index >= 15 is 0 Å². The maximum atomic E-state index is 10.6. The second-order valence-electron chi connectivity index (χ2n) is 3.38. The monoisotopic (exact) mass is 258 g/mol. The second kappa shape index (κ2) is 4.75. The smallest absolute Gasteiger partial charge is 0.317 e. The molecule has 0 rings (SSSR count). The maximum Gasteiger partial charge on any atom is 0.317 e. The summed E-state index contributed by atoms with van der Waals surface area (Å²) in [4.78, 5) is 8.68. The molecule has 3 nitrogen and oxygen atoms in total. The molecule has 1 atom stereocenters. The first-order valence-electron chi connectivity index (χ1n) is 3.91. The standard InChI is InChI=1S/C7H16BrO3P/c1-5(2)7(8,6(3)4)11-12(9)10/h5-6,12H,1-4H3,(H,9,10). The average molecular weight is 259 g/mol. The molecule has 0 amide bonds. The number of alkyl halides is 1. The first-order valence-corrected chi connectivity index (χ1v) is 5.97. The zero-order chi connectivity index (χ0) is 9.94. The van der Waals surface area contributed by atoms with Gasteiger partial charge in [-0.2, -0.15) is 0 Å². The van der Waals surface area contributed by atoms with E-state index in [0.29, 0.717) is 0 Å². The summed E-state index contributed by atoms with van der Waals surface area (Å²) >= 11 is 3.36. The van der Waals surface area contributed by atoms with E-state index < -0.39 is 12.8 Å². The summed E-state index contributed by atoms with van der Waals surface area (Å²) in [6.45, 7) is 7.78. The van der Waals surface area contributed by atoms with E-state index in [1.807, 2.05) is 27.7 Å². The molecule has 0 aromatic heterocycles. The van der Waals surface area contributed by atoms with Gasteiger partial charge >= 0.3 is 8.25 Å². The molecule has 0 saturated heterocycles. The van der Waals surface area contributed by atoms with Gasteiger partial charge in [-0.1, -0.05) is 43.6 Å². The second-order valence-corrected chi connectivity index (χ2v) is 5.35. The summed E-state index contributed by atoms with van der Waals surface area (Å²) in [5.41, 5.74) is 0. The Morgan fingerprint density at radius 1 is 1.33 bits per heavy atom. The molecule has 12 heavy (non-hydrogen) atoms. The molecule has 0 aromatic carbocycles. The Morgan fingerprint density at radius 3 is 1.75 bits per heavy atom. The van der Waals surface area contributed by atoms with Crippen molar-refractivity contribution in [3.05, 3.63) is 0 Å². The Balaban J connectivity index is 4.51. The van der Waals surface area contributed by atoms with Crippen molar-refractivity contribution in [1.29, 1.82) is 0 Å². The quantitative estimate of drug-likeness (QED) is 0.623. The van der Waals surface area contributed by atoms with E-state index in [4.69, 9.17) is 9.42 Å². The van der Waals surface area contributed by atoms with E-state index in [-0.39, 0.29) is 11.8 Å². The lowest BCUT2D eigenvalue weighted by Crippen LogP contribution is -2.35. The Bertz CT molecular complexity index is 162. The van der Waals surface area contributed by atoms with Crippen LogP contribution in [0, 0.1) is 11.8 Å². The fraction of sp³-hybridized carbons (Fsp3) is 1.00. The normalized spacial score (nSPS) is 15.7. The summed E-state index contributed by atoms with van der Waals surface area (Å²) in [7, 11) is -2.88. The van der Waals surface area contributed by atoms with Gasteiger partial charge in [-0.15, -0.1) is 0 Å². The van der Waals surface area contributed by atoms with Crippen LogP contribution in [-0.2, 0) is 9.09 Å². The van der Waals surface area contributed by atoms with Crippen LogP contribution >= 0.6 is 24.2 Å². The van der Waals surface area contributed by atoms with Crippen LogP contribution < -0.4 is 0 Å². The van der Waals surface area contributed by atoms with Crippen LogP contribution in [0.4, 0.5) is 0 Å². The first kappa shape index (κ1) is 12.6. The molecule has 5 heteroatoms. The Hall–Kier alpha value is 0.630. The van der Waals surface area contributed by atoms with Gasteiger partial charge in [-0.25, -0.2) is 0 Å². The van der Waals surface area contributed by atoms with Gasteiger partial charge in [0.25, 0.3) is 0 Å². The van der Waals surface area contributed by atoms with E-state index in [2.05, 4.69) is 15.9 Å². The van der Waals surface area contributed by atoms with Crippen LogP contribution in [0.25, 0.3) is 0 Å².